The Balaban J connectivity index is 1.58. The van der Waals surface area contributed by atoms with Gasteiger partial charge in [0.25, 0.3) is 5.91 Å². The maximum Gasteiger partial charge on any atom is 0.271 e. The number of thiazole rings is 1. The number of nitrogens with one attached hydrogen (secondary N) is 1. The van der Waals surface area contributed by atoms with Crippen molar-refractivity contribution in [3.63, 3.8) is 0 Å². The van der Waals surface area contributed by atoms with E-state index < -0.39 is 0 Å². The molecule has 0 spiro atoms. The Kier molecular flexibility index (Phi) is 9.34. The van der Waals surface area contributed by atoms with E-state index >= 15 is 0 Å². The van der Waals surface area contributed by atoms with Gasteiger partial charge in [-0.25, -0.2) is 10.4 Å². The Hall–Kier alpha value is -3.63. The standard InChI is InChI=1S/C27H32N4O5S/c1-4-34-21-16-20(17-22(35-5-2)25(21)36-6-3)26(32)30-28-18-23-24(19-10-8-7-9-11-19)29-27(37-23)31-12-14-33-15-13-31/h7-11,16-18H,4-6,12-15H2,1-3H3,(H,30,32)/b28-18+. The van der Waals surface area contributed by atoms with Crippen LogP contribution in [0.5, 0.6) is 17.2 Å². The van der Waals surface area contributed by atoms with Crippen molar-refractivity contribution in [3.8, 4) is 28.5 Å². The molecule has 10 heteroatoms. The quantitative estimate of drug-likeness (QED) is 0.289. The third kappa shape index (κ3) is 6.58. The summed E-state index contributed by atoms with van der Waals surface area (Å²) in [4.78, 5) is 21.0. The first-order valence-corrected chi connectivity index (χ1v) is 13.2. The number of aromatic nitrogens is 1. The lowest BCUT2D eigenvalue weighted by molar-refractivity contribution is 0.0954. The molecule has 1 fully saturated rings. The van der Waals surface area contributed by atoms with Crippen LogP contribution in [0.1, 0.15) is 36.0 Å². The van der Waals surface area contributed by atoms with Crippen molar-refractivity contribution in [2.45, 2.75) is 20.8 Å². The van der Waals surface area contributed by atoms with Crippen LogP contribution in [0.3, 0.4) is 0 Å². The predicted molar refractivity (Wildman–Crippen MR) is 146 cm³/mol. The van der Waals surface area contributed by atoms with Gasteiger partial charge < -0.3 is 23.8 Å². The highest BCUT2D eigenvalue weighted by molar-refractivity contribution is 7.17. The molecule has 2 aromatic carbocycles. The van der Waals surface area contributed by atoms with Crippen LogP contribution >= 0.6 is 11.3 Å². The Morgan fingerprint density at radius 1 is 1.05 bits per heavy atom. The van der Waals surface area contributed by atoms with Gasteiger partial charge in [-0.15, -0.1) is 0 Å². The third-order valence-corrected chi connectivity index (χ3v) is 6.54. The number of rotatable bonds is 11. The van der Waals surface area contributed by atoms with Crippen LogP contribution in [-0.2, 0) is 4.74 Å². The van der Waals surface area contributed by atoms with Crippen LogP contribution in [0, 0.1) is 0 Å². The van der Waals surface area contributed by atoms with E-state index in [4.69, 9.17) is 23.9 Å². The molecule has 1 aromatic heterocycles. The maximum absolute atomic E-state index is 13.0. The molecule has 1 amide bonds. The lowest BCUT2D eigenvalue weighted by Crippen LogP contribution is -2.36. The number of anilines is 1. The summed E-state index contributed by atoms with van der Waals surface area (Å²) in [5.74, 6) is 1.00. The van der Waals surface area contributed by atoms with Crippen molar-refractivity contribution in [2.24, 2.45) is 5.10 Å². The predicted octanol–water partition coefficient (Wildman–Crippen LogP) is 4.61. The van der Waals surface area contributed by atoms with E-state index in [0.717, 1.165) is 34.4 Å². The molecule has 0 unspecified atom stereocenters. The van der Waals surface area contributed by atoms with Gasteiger partial charge in [-0.3, -0.25) is 4.79 Å². The number of morpholine rings is 1. The fourth-order valence-electron chi connectivity index (χ4n) is 3.83. The van der Waals surface area contributed by atoms with E-state index in [-0.39, 0.29) is 5.91 Å². The SMILES string of the molecule is CCOc1cc(C(=O)N/N=C/c2sc(N3CCOCC3)nc2-c2ccccc2)cc(OCC)c1OCC. The van der Waals surface area contributed by atoms with Crippen molar-refractivity contribution in [2.75, 3.05) is 51.0 Å². The Labute approximate surface area is 221 Å². The molecular formula is C27H32N4O5S. The highest BCUT2D eigenvalue weighted by Gasteiger charge is 2.20. The molecule has 196 valence electrons. The molecule has 1 saturated heterocycles. The minimum atomic E-state index is -0.389. The largest absolute Gasteiger partial charge is 0.490 e. The minimum Gasteiger partial charge on any atom is -0.490 e. The van der Waals surface area contributed by atoms with Gasteiger partial charge >= 0.3 is 0 Å². The third-order valence-electron chi connectivity index (χ3n) is 5.49. The van der Waals surface area contributed by atoms with Crippen molar-refractivity contribution in [1.82, 2.24) is 10.4 Å². The highest BCUT2D eigenvalue weighted by atomic mass is 32.1. The molecule has 3 aromatic rings. The van der Waals surface area contributed by atoms with Gasteiger partial charge in [0, 0.05) is 24.2 Å². The first kappa shape index (κ1) is 26.4. The second-order valence-corrected chi connectivity index (χ2v) is 8.98. The fraction of sp³-hybridized carbons (Fsp3) is 0.370. The van der Waals surface area contributed by atoms with Crippen molar-refractivity contribution < 1.29 is 23.7 Å². The molecule has 0 atom stereocenters. The minimum absolute atomic E-state index is 0.356. The van der Waals surface area contributed by atoms with Gasteiger partial charge in [-0.2, -0.15) is 5.10 Å². The van der Waals surface area contributed by atoms with E-state index in [0.29, 0.717) is 55.8 Å². The average Bonchev–Trinajstić information content (AvgIpc) is 3.36. The Morgan fingerprint density at radius 2 is 1.70 bits per heavy atom. The maximum atomic E-state index is 13.0. The number of benzene rings is 2. The molecule has 1 N–H and O–H groups in total. The highest BCUT2D eigenvalue weighted by Crippen LogP contribution is 2.39. The molecule has 2 heterocycles. The van der Waals surface area contributed by atoms with Crippen LogP contribution < -0.4 is 24.5 Å². The van der Waals surface area contributed by atoms with Crippen LogP contribution in [0.15, 0.2) is 47.6 Å². The number of carbonyl (C=O) groups is 1. The van der Waals surface area contributed by atoms with Gasteiger partial charge in [0.1, 0.15) is 0 Å². The van der Waals surface area contributed by atoms with E-state index in [2.05, 4.69) is 15.4 Å². The number of carbonyl (C=O) groups excluding carboxylic acids is 1. The van der Waals surface area contributed by atoms with Crippen molar-refractivity contribution >= 4 is 28.6 Å². The molecule has 0 aliphatic carbocycles. The zero-order valence-electron chi connectivity index (χ0n) is 21.4. The van der Waals surface area contributed by atoms with E-state index in [1.165, 1.54) is 11.3 Å². The lowest BCUT2D eigenvalue weighted by atomic mass is 10.1. The van der Waals surface area contributed by atoms with Crippen molar-refractivity contribution in [1.29, 1.82) is 0 Å². The second kappa shape index (κ2) is 13.1. The number of hydrazone groups is 1. The number of hydrogen-bond donors (Lipinski definition) is 1. The summed E-state index contributed by atoms with van der Waals surface area (Å²) < 4.78 is 22.7. The van der Waals surface area contributed by atoms with Gasteiger partial charge in [0.05, 0.1) is 49.8 Å². The van der Waals surface area contributed by atoms with Crippen LogP contribution in [0.25, 0.3) is 11.3 Å². The van der Waals surface area contributed by atoms with Crippen LogP contribution in [-0.4, -0.2) is 63.2 Å². The van der Waals surface area contributed by atoms with Crippen LogP contribution in [0.2, 0.25) is 0 Å². The lowest BCUT2D eigenvalue weighted by Gasteiger charge is -2.26. The smallest absolute Gasteiger partial charge is 0.271 e. The normalized spacial score (nSPS) is 13.5. The number of hydrogen-bond acceptors (Lipinski definition) is 9. The van der Waals surface area contributed by atoms with E-state index in [1.54, 1.807) is 18.3 Å². The van der Waals surface area contributed by atoms with E-state index in [9.17, 15) is 4.79 Å². The summed E-state index contributed by atoms with van der Waals surface area (Å²) in [5, 5.41) is 5.17. The average molecular weight is 525 g/mol. The zero-order valence-corrected chi connectivity index (χ0v) is 22.2. The fourth-order valence-corrected chi connectivity index (χ4v) is 4.85. The monoisotopic (exact) mass is 524 g/mol. The Morgan fingerprint density at radius 3 is 2.32 bits per heavy atom. The number of ether oxygens (including phenoxy) is 4. The molecule has 0 bridgehead atoms. The summed E-state index contributed by atoms with van der Waals surface area (Å²) in [6.07, 6.45) is 1.64. The summed E-state index contributed by atoms with van der Waals surface area (Å²) in [6, 6.07) is 13.2. The molecule has 4 rings (SSSR count). The summed E-state index contributed by atoms with van der Waals surface area (Å²) in [7, 11) is 0. The first-order chi connectivity index (χ1) is 18.1. The summed E-state index contributed by atoms with van der Waals surface area (Å²) in [5.41, 5.74) is 4.79. The van der Waals surface area contributed by atoms with Gasteiger partial charge in [0.15, 0.2) is 16.6 Å². The van der Waals surface area contributed by atoms with E-state index in [1.807, 2.05) is 51.1 Å². The zero-order chi connectivity index (χ0) is 26.0. The molecule has 1 aliphatic rings. The summed E-state index contributed by atoms with van der Waals surface area (Å²) in [6.45, 7) is 9.85. The van der Waals surface area contributed by atoms with Crippen molar-refractivity contribution in [3.05, 3.63) is 52.9 Å². The first-order valence-electron chi connectivity index (χ1n) is 12.4. The van der Waals surface area contributed by atoms with Crippen LogP contribution in [0.4, 0.5) is 5.13 Å². The second-order valence-electron chi connectivity index (χ2n) is 7.97. The van der Waals surface area contributed by atoms with Gasteiger partial charge in [-0.1, -0.05) is 41.7 Å². The molecule has 9 nitrogen and oxygen atoms in total. The topological polar surface area (TPSA) is 94.5 Å². The number of amides is 1. The summed E-state index contributed by atoms with van der Waals surface area (Å²) >= 11 is 1.54. The van der Waals surface area contributed by atoms with Gasteiger partial charge in [0.2, 0.25) is 5.75 Å². The molecule has 37 heavy (non-hydrogen) atoms. The molecule has 0 saturated carbocycles. The number of nitrogens with zero attached hydrogens (tertiary/aromatic N) is 3. The molecule has 0 radical (unpaired) electrons. The van der Waals surface area contributed by atoms with Gasteiger partial charge in [-0.05, 0) is 32.9 Å². The Bertz CT molecular complexity index is 1180. The molecule has 1 aliphatic heterocycles. The molecular weight excluding hydrogens is 492 g/mol.